The molecule has 1 rings (SSSR count). The van der Waals surface area contributed by atoms with Crippen LogP contribution in [0.5, 0.6) is 0 Å². The van der Waals surface area contributed by atoms with Crippen molar-refractivity contribution >= 4 is 23.2 Å². The molecular formula is C5H5Cl2NO. The van der Waals surface area contributed by atoms with Crippen molar-refractivity contribution in [1.29, 1.82) is 0 Å². The van der Waals surface area contributed by atoms with Gasteiger partial charge in [0.15, 0.2) is 5.89 Å². The third-order valence-electron chi connectivity index (χ3n) is 0.883. The van der Waals surface area contributed by atoms with E-state index >= 15 is 0 Å². The molecule has 0 unspecified atom stereocenters. The van der Waals surface area contributed by atoms with Crippen LogP contribution in [-0.2, 0) is 5.88 Å². The minimum absolute atomic E-state index is 0.294. The molecule has 0 saturated carbocycles. The predicted molar refractivity (Wildman–Crippen MR) is 35.8 cm³/mol. The van der Waals surface area contributed by atoms with Crippen LogP contribution >= 0.6 is 23.2 Å². The average Bonchev–Trinajstić information content (AvgIpc) is 2.10. The summed E-state index contributed by atoms with van der Waals surface area (Å²) >= 11 is 11.0. The molecule has 4 heteroatoms. The normalized spacial score (nSPS) is 10.1. The summed E-state index contributed by atoms with van der Waals surface area (Å²) in [6.45, 7) is 1.72. The summed E-state index contributed by atoms with van der Waals surface area (Å²) in [4.78, 5) is 3.90. The molecule has 0 N–H and O–H groups in total. The van der Waals surface area contributed by atoms with Crippen molar-refractivity contribution < 1.29 is 4.42 Å². The molecule has 0 fully saturated rings. The molecule has 0 radical (unpaired) electrons. The number of rotatable bonds is 1. The zero-order valence-electron chi connectivity index (χ0n) is 4.82. The minimum atomic E-state index is 0.294. The monoisotopic (exact) mass is 165 g/mol. The highest BCUT2D eigenvalue weighted by Crippen LogP contribution is 2.17. The van der Waals surface area contributed by atoms with Crippen molar-refractivity contribution in [2.45, 2.75) is 12.8 Å². The zero-order valence-corrected chi connectivity index (χ0v) is 6.33. The van der Waals surface area contributed by atoms with Crippen LogP contribution in [0.4, 0.5) is 0 Å². The van der Waals surface area contributed by atoms with Crippen LogP contribution < -0.4 is 0 Å². The van der Waals surface area contributed by atoms with E-state index in [4.69, 9.17) is 27.6 Å². The fourth-order valence-corrected chi connectivity index (χ4v) is 0.998. The van der Waals surface area contributed by atoms with Crippen molar-refractivity contribution in [3.63, 3.8) is 0 Å². The minimum Gasteiger partial charge on any atom is -0.429 e. The van der Waals surface area contributed by atoms with Crippen LogP contribution in [0.3, 0.4) is 0 Å². The summed E-state index contributed by atoms with van der Waals surface area (Å²) in [5.41, 5.74) is 0.607. The fourth-order valence-electron chi connectivity index (χ4n) is 0.528. The standard InChI is InChI=1S/C5H5Cl2NO/c1-3-8-4(2-6)5(7)9-3/h2H2,1H3. The Hall–Kier alpha value is -0.210. The van der Waals surface area contributed by atoms with Gasteiger partial charge in [0, 0.05) is 6.92 Å². The van der Waals surface area contributed by atoms with Gasteiger partial charge in [0.05, 0.1) is 5.88 Å². The number of halogens is 2. The molecular weight excluding hydrogens is 161 g/mol. The first-order valence-electron chi connectivity index (χ1n) is 2.42. The van der Waals surface area contributed by atoms with Crippen molar-refractivity contribution in [2.24, 2.45) is 0 Å². The molecule has 50 valence electrons. The maximum Gasteiger partial charge on any atom is 0.218 e. The van der Waals surface area contributed by atoms with Gasteiger partial charge in [0.1, 0.15) is 5.69 Å². The summed E-state index contributed by atoms with van der Waals surface area (Å²) in [5, 5.41) is 0.294. The van der Waals surface area contributed by atoms with Crippen molar-refractivity contribution in [3.8, 4) is 0 Å². The van der Waals surface area contributed by atoms with Gasteiger partial charge in [0.25, 0.3) is 0 Å². The quantitative estimate of drug-likeness (QED) is 0.598. The Bertz CT molecular complexity index is 209. The molecule has 0 saturated heterocycles. The molecule has 9 heavy (non-hydrogen) atoms. The molecule has 0 aliphatic rings. The number of hydrogen-bond acceptors (Lipinski definition) is 2. The molecule has 1 aromatic rings. The van der Waals surface area contributed by atoms with Gasteiger partial charge in [-0.3, -0.25) is 0 Å². The molecule has 1 aromatic heterocycles. The van der Waals surface area contributed by atoms with Gasteiger partial charge in [-0.2, -0.15) is 0 Å². The molecule has 0 amide bonds. The van der Waals surface area contributed by atoms with Gasteiger partial charge in [-0.05, 0) is 11.6 Å². The van der Waals surface area contributed by atoms with Crippen LogP contribution in [-0.4, -0.2) is 4.98 Å². The second kappa shape index (κ2) is 2.58. The molecule has 0 aromatic carbocycles. The molecule has 2 nitrogen and oxygen atoms in total. The van der Waals surface area contributed by atoms with Crippen molar-refractivity contribution in [3.05, 3.63) is 16.8 Å². The maximum absolute atomic E-state index is 5.53. The molecule has 0 atom stereocenters. The highest BCUT2D eigenvalue weighted by Gasteiger charge is 2.05. The highest BCUT2D eigenvalue weighted by atomic mass is 35.5. The summed E-state index contributed by atoms with van der Waals surface area (Å²) < 4.78 is 4.88. The van der Waals surface area contributed by atoms with Crippen LogP contribution in [0.2, 0.25) is 5.22 Å². The summed E-state index contributed by atoms with van der Waals surface area (Å²) in [6.07, 6.45) is 0. The molecule has 0 bridgehead atoms. The number of oxazole rings is 1. The first kappa shape index (κ1) is 6.90. The summed E-state index contributed by atoms with van der Waals surface area (Å²) in [5.74, 6) is 0.853. The number of alkyl halides is 1. The Morgan fingerprint density at radius 1 is 1.67 bits per heavy atom. The Balaban J connectivity index is 3.01. The maximum atomic E-state index is 5.53. The smallest absolute Gasteiger partial charge is 0.218 e. The number of aryl methyl sites for hydroxylation is 1. The molecule has 1 heterocycles. The summed E-state index contributed by atoms with van der Waals surface area (Å²) in [6, 6.07) is 0. The molecule has 0 spiro atoms. The van der Waals surface area contributed by atoms with Crippen LogP contribution in [0.15, 0.2) is 4.42 Å². The Kier molecular flexibility index (Phi) is 1.98. The lowest BCUT2D eigenvalue weighted by Crippen LogP contribution is -1.76. The van der Waals surface area contributed by atoms with Crippen LogP contribution in [0.1, 0.15) is 11.6 Å². The van der Waals surface area contributed by atoms with Crippen molar-refractivity contribution in [2.75, 3.05) is 0 Å². The van der Waals surface area contributed by atoms with E-state index in [0.29, 0.717) is 22.7 Å². The third-order valence-corrected chi connectivity index (χ3v) is 1.43. The van der Waals surface area contributed by atoms with Gasteiger partial charge in [0.2, 0.25) is 5.22 Å². The van der Waals surface area contributed by atoms with E-state index in [2.05, 4.69) is 4.98 Å². The van der Waals surface area contributed by atoms with E-state index in [1.165, 1.54) is 0 Å². The van der Waals surface area contributed by atoms with Crippen LogP contribution in [0.25, 0.3) is 0 Å². The van der Waals surface area contributed by atoms with Gasteiger partial charge in [-0.15, -0.1) is 11.6 Å². The number of hydrogen-bond donors (Lipinski definition) is 0. The topological polar surface area (TPSA) is 26.0 Å². The van der Waals surface area contributed by atoms with Crippen molar-refractivity contribution in [1.82, 2.24) is 4.98 Å². The number of nitrogens with zero attached hydrogens (tertiary/aromatic N) is 1. The first-order valence-corrected chi connectivity index (χ1v) is 3.33. The van der Waals surface area contributed by atoms with E-state index in [1.807, 2.05) is 0 Å². The Morgan fingerprint density at radius 2 is 2.33 bits per heavy atom. The zero-order chi connectivity index (χ0) is 6.85. The van der Waals surface area contributed by atoms with Gasteiger partial charge in [-0.25, -0.2) is 4.98 Å². The average molecular weight is 166 g/mol. The Morgan fingerprint density at radius 3 is 2.56 bits per heavy atom. The Labute approximate surface area is 62.8 Å². The van der Waals surface area contributed by atoms with E-state index in [0.717, 1.165) is 0 Å². The van der Waals surface area contributed by atoms with Gasteiger partial charge >= 0.3 is 0 Å². The van der Waals surface area contributed by atoms with Gasteiger partial charge < -0.3 is 4.42 Å². The molecule has 0 aliphatic heterocycles. The fraction of sp³-hybridized carbons (Fsp3) is 0.400. The lowest BCUT2D eigenvalue weighted by molar-refractivity contribution is 0.523. The lowest BCUT2D eigenvalue weighted by Gasteiger charge is -1.79. The molecule has 0 aliphatic carbocycles. The van der Waals surface area contributed by atoms with E-state index in [1.54, 1.807) is 6.92 Å². The highest BCUT2D eigenvalue weighted by molar-refractivity contribution is 6.30. The second-order valence-corrected chi connectivity index (χ2v) is 2.20. The van der Waals surface area contributed by atoms with Crippen LogP contribution in [0, 0.1) is 6.92 Å². The largest absolute Gasteiger partial charge is 0.429 e. The number of aromatic nitrogens is 1. The second-order valence-electron chi connectivity index (χ2n) is 1.59. The SMILES string of the molecule is Cc1nc(CCl)c(Cl)o1. The van der Waals surface area contributed by atoms with E-state index in [-0.39, 0.29) is 0 Å². The first-order chi connectivity index (χ1) is 4.24. The predicted octanol–water partition coefficient (Wildman–Crippen LogP) is 2.38. The lowest BCUT2D eigenvalue weighted by atomic mass is 10.6. The van der Waals surface area contributed by atoms with E-state index < -0.39 is 0 Å². The van der Waals surface area contributed by atoms with Gasteiger partial charge in [-0.1, -0.05) is 0 Å². The van der Waals surface area contributed by atoms with E-state index in [9.17, 15) is 0 Å². The third kappa shape index (κ3) is 1.37. The summed E-state index contributed by atoms with van der Waals surface area (Å²) in [7, 11) is 0.